The first-order chi connectivity index (χ1) is 25.0. The second-order valence-corrected chi connectivity index (χ2v) is 12.4. The first-order valence-electron chi connectivity index (χ1n) is 19.5. The van der Waals surface area contributed by atoms with Gasteiger partial charge in [-0.15, -0.1) is 0 Å². The number of ether oxygens (including phenoxy) is 1. The molecule has 0 spiro atoms. The monoisotopic (exact) mass is 704 g/mol. The van der Waals surface area contributed by atoms with Crippen LogP contribution >= 0.6 is 0 Å². The number of hydrogen-bond donors (Lipinski definition) is 2. The minimum atomic E-state index is -1.04. The molecule has 51 heavy (non-hydrogen) atoms. The zero-order valence-electron chi connectivity index (χ0n) is 31.9. The lowest BCUT2D eigenvalue weighted by molar-refractivity contribution is -0.147. The molecule has 6 heteroatoms. The van der Waals surface area contributed by atoms with Crippen LogP contribution in [0.4, 0.5) is 0 Å². The van der Waals surface area contributed by atoms with Crippen LogP contribution in [0.1, 0.15) is 142 Å². The maximum absolute atomic E-state index is 12.6. The Kier molecular flexibility index (Phi) is 35.9. The number of carbonyl (C=O) groups is 3. The van der Waals surface area contributed by atoms with Crippen LogP contribution < -0.4 is 5.32 Å². The molecule has 0 aromatic rings. The highest BCUT2D eigenvalue weighted by molar-refractivity contribution is 5.80. The van der Waals surface area contributed by atoms with Crippen molar-refractivity contribution in [3.8, 4) is 0 Å². The molecule has 1 unspecified atom stereocenters. The van der Waals surface area contributed by atoms with Crippen molar-refractivity contribution in [1.29, 1.82) is 0 Å². The number of nitrogens with one attached hydrogen (secondary N) is 1. The predicted molar refractivity (Wildman–Crippen MR) is 216 cm³/mol. The van der Waals surface area contributed by atoms with E-state index in [1.807, 2.05) is 6.08 Å². The first-order valence-corrected chi connectivity index (χ1v) is 19.5. The van der Waals surface area contributed by atoms with Crippen LogP contribution in [0.3, 0.4) is 0 Å². The van der Waals surface area contributed by atoms with E-state index in [1.165, 1.54) is 12.8 Å². The van der Waals surface area contributed by atoms with Gasteiger partial charge in [-0.25, -0.2) is 0 Å². The molecule has 0 bridgehead atoms. The molecule has 0 aromatic heterocycles. The van der Waals surface area contributed by atoms with Gasteiger partial charge in [0.25, 0.3) is 0 Å². The fraction of sp³-hybridized carbons (Fsp3) is 0.533. The Hall–Kier alpha value is -3.93. The van der Waals surface area contributed by atoms with Crippen molar-refractivity contribution in [2.24, 2.45) is 0 Å². The van der Waals surface area contributed by atoms with E-state index in [1.54, 1.807) is 0 Å². The van der Waals surface area contributed by atoms with Crippen molar-refractivity contribution in [2.45, 2.75) is 148 Å². The Morgan fingerprint density at radius 1 is 0.549 bits per heavy atom. The third-order valence-corrected chi connectivity index (χ3v) is 7.66. The summed E-state index contributed by atoms with van der Waals surface area (Å²) in [6, 6.07) is 0. The summed E-state index contributed by atoms with van der Waals surface area (Å²) < 4.78 is 5.82. The molecule has 0 saturated heterocycles. The summed E-state index contributed by atoms with van der Waals surface area (Å²) in [7, 11) is 0. The van der Waals surface area contributed by atoms with Crippen molar-refractivity contribution >= 4 is 17.8 Å². The fourth-order valence-electron chi connectivity index (χ4n) is 4.79. The van der Waals surface area contributed by atoms with E-state index in [0.717, 1.165) is 96.3 Å². The first kappa shape index (κ1) is 47.1. The van der Waals surface area contributed by atoms with E-state index < -0.39 is 5.97 Å². The molecule has 0 aliphatic rings. The second-order valence-electron chi connectivity index (χ2n) is 12.4. The summed E-state index contributed by atoms with van der Waals surface area (Å²) in [4.78, 5) is 34.8. The summed E-state index contributed by atoms with van der Waals surface area (Å²) in [5.41, 5.74) is 0. The van der Waals surface area contributed by atoms with Gasteiger partial charge >= 0.3 is 11.9 Å². The van der Waals surface area contributed by atoms with Gasteiger partial charge < -0.3 is 15.2 Å². The summed E-state index contributed by atoms with van der Waals surface area (Å²) in [6.07, 6.45) is 56.6. The Bertz CT molecular complexity index is 1140. The predicted octanol–water partition coefficient (Wildman–Crippen LogP) is 11.9. The quantitative estimate of drug-likeness (QED) is 0.0403. The minimum Gasteiger partial charge on any atom is -0.480 e. The fourth-order valence-corrected chi connectivity index (χ4v) is 4.79. The number of hydrogen-bond acceptors (Lipinski definition) is 4. The van der Waals surface area contributed by atoms with E-state index in [9.17, 15) is 14.4 Å². The highest BCUT2D eigenvalue weighted by Crippen LogP contribution is 2.13. The number of rotatable bonds is 33. The highest BCUT2D eigenvalue weighted by atomic mass is 16.5. The van der Waals surface area contributed by atoms with Crippen LogP contribution in [-0.2, 0) is 19.1 Å². The molecule has 0 aliphatic heterocycles. The number of amides is 1. The Morgan fingerprint density at radius 3 is 1.53 bits per heavy atom. The zero-order valence-corrected chi connectivity index (χ0v) is 31.9. The van der Waals surface area contributed by atoms with Gasteiger partial charge in [0.15, 0.2) is 0 Å². The number of carboxylic acid groups (broad SMARTS) is 1. The SMILES string of the molecule is CC/C=C\C/C=C\C/C=C\C/C=C\C/C=C\C/C=C\C/C=C\CCCC(=O)OC(/C=C\C/C=C\CCCC)CCCCCCC(=O)NCC(=O)O. The van der Waals surface area contributed by atoms with Gasteiger partial charge in [0.1, 0.15) is 12.6 Å². The molecule has 0 radical (unpaired) electrons. The van der Waals surface area contributed by atoms with Gasteiger partial charge in [0.05, 0.1) is 0 Å². The molecular weight excluding hydrogens is 634 g/mol. The largest absolute Gasteiger partial charge is 0.480 e. The Morgan fingerprint density at radius 2 is 1.02 bits per heavy atom. The lowest BCUT2D eigenvalue weighted by Gasteiger charge is -2.14. The lowest BCUT2D eigenvalue weighted by atomic mass is 10.1. The smallest absolute Gasteiger partial charge is 0.322 e. The molecule has 6 nitrogen and oxygen atoms in total. The second kappa shape index (κ2) is 38.9. The van der Waals surface area contributed by atoms with Crippen LogP contribution in [0.15, 0.2) is 109 Å². The molecule has 0 aromatic carbocycles. The van der Waals surface area contributed by atoms with E-state index in [0.29, 0.717) is 19.3 Å². The van der Waals surface area contributed by atoms with Crippen LogP contribution in [0, 0.1) is 0 Å². The number of carboxylic acids is 1. The molecule has 2 N–H and O–H groups in total. The summed E-state index contributed by atoms with van der Waals surface area (Å²) in [5, 5.41) is 11.0. The van der Waals surface area contributed by atoms with Crippen molar-refractivity contribution < 1.29 is 24.2 Å². The maximum Gasteiger partial charge on any atom is 0.322 e. The molecular formula is C45H69NO5. The number of esters is 1. The summed E-state index contributed by atoms with van der Waals surface area (Å²) in [5.74, 6) is -1.44. The number of aliphatic carboxylic acids is 1. The van der Waals surface area contributed by atoms with Crippen LogP contribution in [0.5, 0.6) is 0 Å². The van der Waals surface area contributed by atoms with Gasteiger partial charge in [-0.05, 0) is 96.0 Å². The lowest BCUT2D eigenvalue weighted by Crippen LogP contribution is -2.28. The van der Waals surface area contributed by atoms with Crippen molar-refractivity contribution in [1.82, 2.24) is 5.32 Å². The third-order valence-electron chi connectivity index (χ3n) is 7.66. The van der Waals surface area contributed by atoms with Crippen molar-refractivity contribution in [3.63, 3.8) is 0 Å². The van der Waals surface area contributed by atoms with Crippen LogP contribution in [-0.4, -0.2) is 35.6 Å². The molecule has 0 rings (SSSR count). The normalized spacial score (nSPS) is 13.3. The molecule has 0 heterocycles. The molecule has 1 atom stereocenters. The van der Waals surface area contributed by atoms with Gasteiger partial charge in [-0.3, -0.25) is 14.4 Å². The maximum atomic E-state index is 12.6. The van der Waals surface area contributed by atoms with Gasteiger partial charge in [0.2, 0.25) is 5.91 Å². The average molecular weight is 704 g/mol. The third kappa shape index (κ3) is 38.7. The van der Waals surface area contributed by atoms with Gasteiger partial charge in [-0.2, -0.15) is 0 Å². The van der Waals surface area contributed by atoms with E-state index in [2.05, 4.69) is 122 Å². The van der Waals surface area contributed by atoms with E-state index in [4.69, 9.17) is 9.84 Å². The number of unbranched alkanes of at least 4 members (excludes halogenated alkanes) is 6. The average Bonchev–Trinajstić information content (AvgIpc) is 3.11. The topological polar surface area (TPSA) is 92.7 Å². The van der Waals surface area contributed by atoms with Crippen LogP contribution in [0.25, 0.3) is 0 Å². The summed E-state index contributed by atoms with van der Waals surface area (Å²) in [6.45, 7) is 4.00. The molecule has 0 saturated carbocycles. The van der Waals surface area contributed by atoms with Gasteiger partial charge in [0, 0.05) is 12.8 Å². The zero-order chi connectivity index (χ0) is 37.3. The number of allylic oxidation sites excluding steroid dienone is 17. The van der Waals surface area contributed by atoms with E-state index in [-0.39, 0.29) is 24.5 Å². The summed E-state index contributed by atoms with van der Waals surface area (Å²) >= 11 is 0. The molecule has 284 valence electrons. The van der Waals surface area contributed by atoms with Gasteiger partial charge in [-0.1, -0.05) is 143 Å². The number of carbonyl (C=O) groups excluding carboxylic acids is 2. The van der Waals surface area contributed by atoms with Crippen molar-refractivity contribution in [2.75, 3.05) is 6.54 Å². The minimum absolute atomic E-state index is 0.163. The van der Waals surface area contributed by atoms with Crippen LogP contribution in [0.2, 0.25) is 0 Å². The molecule has 0 fully saturated rings. The Labute approximate surface area is 311 Å². The highest BCUT2D eigenvalue weighted by Gasteiger charge is 2.11. The standard InChI is InChI=1S/C45H69NO5/c1-3-5-7-9-11-12-13-14-15-16-17-18-19-20-21-22-23-24-25-26-28-30-36-40-45(50)51-42(37-33-29-27-10-8-6-4-2)38-34-31-32-35-39-43(47)46-41-44(48)49/h5,7,10-12,14-15,17-18,20-21,23-24,26-28,33,37,42H,3-4,6,8-9,13,16,19,22,25,29-32,34-36,38-41H2,1-2H3,(H,46,47)(H,48,49)/b7-5-,12-11-,15-14-,18-17-,21-20-,24-23-,27-10-,28-26-,37-33-. The van der Waals surface area contributed by atoms with E-state index >= 15 is 0 Å². The molecule has 0 aliphatic carbocycles. The molecule has 1 amide bonds. The Balaban J connectivity index is 4.22. The van der Waals surface area contributed by atoms with Crippen molar-refractivity contribution in [3.05, 3.63) is 109 Å².